The van der Waals surface area contributed by atoms with Crippen LogP contribution in [0.4, 0.5) is 0 Å². The lowest BCUT2D eigenvalue weighted by Gasteiger charge is -2.09. The summed E-state index contributed by atoms with van der Waals surface area (Å²) in [6, 6.07) is 8.11. The molecule has 2 aromatic rings. The van der Waals surface area contributed by atoms with Crippen molar-refractivity contribution in [2.24, 2.45) is 0 Å². The molecule has 2 aromatic heterocycles. The molecule has 0 spiro atoms. The minimum Gasteiger partial charge on any atom is -0.262 e. The van der Waals surface area contributed by atoms with Crippen molar-refractivity contribution in [2.45, 2.75) is 19.4 Å². The normalized spacial score (nSPS) is 14.5. The second-order valence-corrected chi connectivity index (χ2v) is 4.48. The van der Waals surface area contributed by atoms with Gasteiger partial charge in [0.15, 0.2) is 0 Å². The second kappa shape index (κ2) is 4.61. The zero-order valence-corrected chi connectivity index (χ0v) is 10.3. The third-order valence-corrected chi connectivity index (χ3v) is 3.06. The van der Waals surface area contributed by atoms with Gasteiger partial charge in [0, 0.05) is 17.8 Å². The fourth-order valence-corrected chi connectivity index (χ4v) is 2.23. The largest absolute Gasteiger partial charge is 0.262 e. The summed E-state index contributed by atoms with van der Waals surface area (Å²) in [6.07, 6.45) is 10.4. The van der Waals surface area contributed by atoms with Crippen molar-refractivity contribution in [1.29, 1.82) is 0 Å². The summed E-state index contributed by atoms with van der Waals surface area (Å²) in [7, 11) is 0. The molecule has 0 bridgehead atoms. The summed E-state index contributed by atoms with van der Waals surface area (Å²) in [6.45, 7) is 2.75. The Labute approximate surface area is 106 Å². The summed E-state index contributed by atoms with van der Waals surface area (Å²) in [5.41, 5.74) is 3.31. The lowest BCUT2D eigenvalue weighted by Crippen LogP contribution is -2.09. The molecule has 0 aromatic carbocycles. The molecule has 18 heavy (non-hydrogen) atoms. The molecule has 1 aliphatic rings. The van der Waals surface area contributed by atoms with Crippen LogP contribution in [0.15, 0.2) is 54.8 Å². The predicted molar refractivity (Wildman–Crippen MR) is 71.3 cm³/mol. The number of allylic oxidation sites excluding steroid dienone is 4. The SMILES string of the molecule is Cc1cc(C2C=CC=C2)n(Cc2ccccn2)n1. The first-order valence-electron chi connectivity index (χ1n) is 6.12. The van der Waals surface area contributed by atoms with E-state index in [1.54, 1.807) is 0 Å². The van der Waals surface area contributed by atoms with Crippen LogP contribution >= 0.6 is 0 Å². The Hall–Kier alpha value is -2.16. The molecule has 3 heteroatoms. The Morgan fingerprint density at radius 3 is 2.78 bits per heavy atom. The van der Waals surface area contributed by atoms with Crippen LogP contribution in [0.1, 0.15) is 23.0 Å². The van der Waals surface area contributed by atoms with Crippen LogP contribution in [-0.4, -0.2) is 14.8 Å². The van der Waals surface area contributed by atoms with Crippen molar-refractivity contribution >= 4 is 0 Å². The van der Waals surface area contributed by atoms with Gasteiger partial charge in [0.25, 0.3) is 0 Å². The van der Waals surface area contributed by atoms with E-state index in [0.29, 0.717) is 5.92 Å². The van der Waals surface area contributed by atoms with Crippen molar-refractivity contribution in [3.63, 3.8) is 0 Å². The van der Waals surface area contributed by atoms with Crippen LogP contribution < -0.4 is 0 Å². The second-order valence-electron chi connectivity index (χ2n) is 4.48. The standard InChI is InChI=1S/C15H15N3/c1-12-10-15(13-6-2-3-7-13)18(17-12)11-14-8-4-5-9-16-14/h2-10,13H,11H2,1H3. The molecule has 0 atom stereocenters. The van der Waals surface area contributed by atoms with Crippen molar-refractivity contribution < 1.29 is 0 Å². The number of hydrogen-bond donors (Lipinski definition) is 0. The number of pyridine rings is 1. The maximum absolute atomic E-state index is 4.56. The van der Waals surface area contributed by atoms with E-state index in [1.165, 1.54) is 5.69 Å². The summed E-state index contributed by atoms with van der Waals surface area (Å²) in [4.78, 5) is 4.35. The van der Waals surface area contributed by atoms with Gasteiger partial charge in [-0.25, -0.2) is 0 Å². The highest BCUT2D eigenvalue weighted by Crippen LogP contribution is 2.24. The maximum atomic E-state index is 4.56. The molecule has 1 aliphatic carbocycles. The van der Waals surface area contributed by atoms with E-state index in [4.69, 9.17) is 0 Å². The molecule has 0 fully saturated rings. The van der Waals surface area contributed by atoms with E-state index in [-0.39, 0.29) is 0 Å². The third-order valence-electron chi connectivity index (χ3n) is 3.06. The molecular formula is C15H15N3. The highest BCUT2D eigenvalue weighted by atomic mass is 15.3. The summed E-state index contributed by atoms with van der Waals surface area (Å²) in [5.74, 6) is 0.343. The number of aromatic nitrogens is 3. The number of rotatable bonds is 3. The minimum atomic E-state index is 0.343. The Morgan fingerprint density at radius 2 is 2.06 bits per heavy atom. The predicted octanol–water partition coefficient (Wildman–Crippen LogP) is 2.84. The molecule has 3 nitrogen and oxygen atoms in total. The lowest BCUT2D eigenvalue weighted by molar-refractivity contribution is 0.629. The minimum absolute atomic E-state index is 0.343. The molecule has 0 amide bonds. The van der Waals surface area contributed by atoms with Gasteiger partial charge in [0.1, 0.15) is 0 Å². The summed E-state index contributed by atoms with van der Waals surface area (Å²) < 4.78 is 2.04. The smallest absolute Gasteiger partial charge is 0.0834 e. The highest BCUT2D eigenvalue weighted by Gasteiger charge is 2.14. The number of aryl methyl sites for hydroxylation is 1. The van der Waals surface area contributed by atoms with Crippen LogP contribution in [0.3, 0.4) is 0 Å². The van der Waals surface area contributed by atoms with Gasteiger partial charge in [-0.05, 0) is 25.1 Å². The molecule has 0 radical (unpaired) electrons. The summed E-state index contributed by atoms with van der Waals surface area (Å²) in [5, 5.41) is 4.56. The molecule has 0 aliphatic heterocycles. The van der Waals surface area contributed by atoms with E-state index in [9.17, 15) is 0 Å². The van der Waals surface area contributed by atoms with E-state index in [0.717, 1.165) is 17.9 Å². The van der Waals surface area contributed by atoms with Crippen molar-refractivity contribution in [1.82, 2.24) is 14.8 Å². The van der Waals surface area contributed by atoms with Crippen LogP contribution in [0.25, 0.3) is 0 Å². The zero-order chi connectivity index (χ0) is 12.4. The van der Waals surface area contributed by atoms with Gasteiger partial charge in [-0.1, -0.05) is 30.4 Å². The van der Waals surface area contributed by atoms with Crippen molar-refractivity contribution in [3.05, 3.63) is 71.8 Å². The average molecular weight is 237 g/mol. The fourth-order valence-electron chi connectivity index (χ4n) is 2.23. The Bertz CT molecular complexity index is 581. The lowest BCUT2D eigenvalue weighted by atomic mass is 10.1. The maximum Gasteiger partial charge on any atom is 0.0834 e. The molecule has 0 saturated carbocycles. The number of nitrogens with zero attached hydrogens (tertiary/aromatic N) is 3. The molecule has 0 N–H and O–H groups in total. The first-order chi connectivity index (χ1) is 8.83. The van der Waals surface area contributed by atoms with Gasteiger partial charge < -0.3 is 0 Å². The van der Waals surface area contributed by atoms with Crippen LogP contribution in [0.5, 0.6) is 0 Å². The molecule has 2 heterocycles. The first-order valence-corrected chi connectivity index (χ1v) is 6.12. The van der Waals surface area contributed by atoms with Crippen molar-refractivity contribution in [2.75, 3.05) is 0 Å². The highest BCUT2D eigenvalue weighted by molar-refractivity contribution is 5.32. The average Bonchev–Trinajstić information content (AvgIpc) is 3.00. The van der Waals surface area contributed by atoms with E-state index < -0.39 is 0 Å². The van der Waals surface area contributed by atoms with Gasteiger partial charge >= 0.3 is 0 Å². The van der Waals surface area contributed by atoms with Gasteiger partial charge in [0.05, 0.1) is 17.9 Å². The van der Waals surface area contributed by atoms with E-state index >= 15 is 0 Å². The van der Waals surface area contributed by atoms with Crippen molar-refractivity contribution in [3.8, 4) is 0 Å². The Balaban J connectivity index is 1.92. The molecule has 3 rings (SSSR count). The third kappa shape index (κ3) is 2.12. The van der Waals surface area contributed by atoms with Crippen LogP contribution in [-0.2, 0) is 6.54 Å². The zero-order valence-electron chi connectivity index (χ0n) is 10.3. The van der Waals surface area contributed by atoms with E-state index in [1.807, 2.05) is 36.0 Å². The molecular weight excluding hydrogens is 222 g/mol. The summed E-state index contributed by atoms with van der Waals surface area (Å²) >= 11 is 0. The first kappa shape index (κ1) is 11.0. The van der Waals surface area contributed by atoms with Gasteiger partial charge in [-0.15, -0.1) is 0 Å². The van der Waals surface area contributed by atoms with Gasteiger partial charge in [-0.3, -0.25) is 9.67 Å². The van der Waals surface area contributed by atoms with Gasteiger partial charge in [-0.2, -0.15) is 5.10 Å². The van der Waals surface area contributed by atoms with Crippen LogP contribution in [0.2, 0.25) is 0 Å². The van der Waals surface area contributed by atoms with Gasteiger partial charge in [0.2, 0.25) is 0 Å². The van der Waals surface area contributed by atoms with Crippen LogP contribution in [0, 0.1) is 6.92 Å². The topological polar surface area (TPSA) is 30.7 Å². The monoisotopic (exact) mass is 237 g/mol. The molecule has 0 saturated heterocycles. The molecule has 90 valence electrons. The Morgan fingerprint density at radius 1 is 1.22 bits per heavy atom. The quantitative estimate of drug-likeness (QED) is 0.821. The fraction of sp³-hybridized carbons (Fsp3) is 0.200. The molecule has 0 unspecified atom stereocenters. The van der Waals surface area contributed by atoms with E-state index in [2.05, 4.69) is 40.5 Å². The number of hydrogen-bond acceptors (Lipinski definition) is 2. The Kier molecular flexibility index (Phi) is 2.81.